The minimum Gasteiger partial charge on any atom is -0.395 e. The molecule has 15 heavy (non-hydrogen) atoms. The zero-order valence-electron chi connectivity index (χ0n) is 9.05. The molecule has 0 saturated heterocycles. The van der Waals surface area contributed by atoms with E-state index in [1.54, 1.807) is 19.1 Å². The Kier molecular flexibility index (Phi) is 3.52. The van der Waals surface area contributed by atoms with Gasteiger partial charge in [0.1, 0.15) is 5.82 Å². The van der Waals surface area contributed by atoms with Crippen molar-refractivity contribution >= 4 is 11.4 Å². The number of rotatable bonds is 4. The van der Waals surface area contributed by atoms with E-state index < -0.39 is 11.4 Å². The van der Waals surface area contributed by atoms with Crippen molar-refractivity contribution in [3.63, 3.8) is 0 Å². The Morgan fingerprint density at radius 3 is 2.80 bits per heavy atom. The molecule has 1 unspecified atom stereocenters. The highest BCUT2D eigenvalue weighted by atomic mass is 19.1. The number of benzene rings is 1. The molecule has 0 aliphatic heterocycles. The standard InChI is InChI=1S/C11H17FN2O/c1-3-11(2,15)7-14-9-6-4-5-8(12)10(9)13/h4-6,14-15H,3,7,13H2,1-2H3. The fourth-order valence-corrected chi connectivity index (χ4v) is 1.10. The lowest BCUT2D eigenvalue weighted by Crippen LogP contribution is -2.32. The second-order valence-corrected chi connectivity index (χ2v) is 3.91. The van der Waals surface area contributed by atoms with Gasteiger partial charge in [0, 0.05) is 6.54 Å². The molecule has 0 amide bonds. The van der Waals surface area contributed by atoms with Gasteiger partial charge in [-0.25, -0.2) is 4.39 Å². The molecule has 0 aliphatic rings. The van der Waals surface area contributed by atoms with E-state index in [0.717, 1.165) is 0 Å². The zero-order chi connectivity index (χ0) is 11.5. The minimum atomic E-state index is -0.807. The van der Waals surface area contributed by atoms with Crippen LogP contribution in [0.15, 0.2) is 18.2 Å². The molecule has 0 heterocycles. The summed E-state index contributed by atoms with van der Waals surface area (Å²) in [6, 6.07) is 4.57. The second kappa shape index (κ2) is 4.49. The number of nitrogens with one attached hydrogen (secondary N) is 1. The number of hydrogen-bond donors (Lipinski definition) is 3. The van der Waals surface area contributed by atoms with Crippen molar-refractivity contribution in [2.75, 3.05) is 17.6 Å². The van der Waals surface area contributed by atoms with Gasteiger partial charge in [0.05, 0.1) is 17.0 Å². The summed E-state index contributed by atoms with van der Waals surface area (Å²) in [7, 11) is 0. The van der Waals surface area contributed by atoms with Crippen LogP contribution in [0.4, 0.5) is 15.8 Å². The first-order valence-corrected chi connectivity index (χ1v) is 4.96. The van der Waals surface area contributed by atoms with Crippen LogP contribution in [0.25, 0.3) is 0 Å². The van der Waals surface area contributed by atoms with Gasteiger partial charge >= 0.3 is 0 Å². The molecule has 0 bridgehead atoms. The van der Waals surface area contributed by atoms with Crippen molar-refractivity contribution in [2.45, 2.75) is 25.9 Å². The Morgan fingerprint density at radius 2 is 2.20 bits per heavy atom. The van der Waals surface area contributed by atoms with Gasteiger partial charge < -0.3 is 16.2 Å². The highest BCUT2D eigenvalue weighted by Gasteiger charge is 2.17. The lowest BCUT2D eigenvalue weighted by Gasteiger charge is -2.22. The highest BCUT2D eigenvalue weighted by molar-refractivity contribution is 5.66. The van der Waals surface area contributed by atoms with Crippen LogP contribution in [-0.4, -0.2) is 17.3 Å². The van der Waals surface area contributed by atoms with Crippen LogP contribution >= 0.6 is 0 Å². The van der Waals surface area contributed by atoms with E-state index in [1.165, 1.54) is 6.07 Å². The molecule has 3 nitrogen and oxygen atoms in total. The third kappa shape index (κ3) is 3.09. The molecule has 1 atom stereocenters. The van der Waals surface area contributed by atoms with Crippen LogP contribution in [0.2, 0.25) is 0 Å². The van der Waals surface area contributed by atoms with Crippen LogP contribution in [0, 0.1) is 5.82 Å². The molecular weight excluding hydrogens is 195 g/mol. The van der Waals surface area contributed by atoms with Crippen molar-refractivity contribution in [1.29, 1.82) is 0 Å². The SMILES string of the molecule is CCC(C)(O)CNc1cccc(F)c1N. The van der Waals surface area contributed by atoms with Gasteiger partial charge in [-0.15, -0.1) is 0 Å². The van der Waals surface area contributed by atoms with Gasteiger partial charge in [0.15, 0.2) is 0 Å². The summed E-state index contributed by atoms with van der Waals surface area (Å²) in [5.41, 5.74) is 5.33. The predicted molar refractivity (Wildman–Crippen MR) is 60.2 cm³/mol. The van der Waals surface area contributed by atoms with Crippen molar-refractivity contribution in [3.05, 3.63) is 24.0 Å². The Labute approximate surface area is 89.1 Å². The van der Waals surface area contributed by atoms with Gasteiger partial charge in [-0.3, -0.25) is 0 Å². The maximum atomic E-state index is 13.1. The third-order valence-electron chi connectivity index (χ3n) is 2.47. The fraction of sp³-hybridized carbons (Fsp3) is 0.455. The molecule has 0 spiro atoms. The summed E-state index contributed by atoms with van der Waals surface area (Å²) in [5.74, 6) is -0.448. The van der Waals surface area contributed by atoms with E-state index in [0.29, 0.717) is 18.7 Å². The van der Waals surface area contributed by atoms with Gasteiger partial charge in [-0.1, -0.05) is 13.0 Å². The molecule has 4 N–H and O–H groups in total. The fourth-order valence-electron chi connectivity index (χ4n) is 1.10. The largest absolute Gasteiger partial charge is 0.395 e. The first kappa shape index (κ1) is 11.8. The first-order chi connectivity index (χ1) is 6.96. The summed E-state index contributed by atoms with van der Waals surface area (Å²) in [6.45, 7) is 3.95. The summed E-state index contributed by atoms with van der Waals surface area (Å²) >= 11 is 0. The van der Waals surface area contributed by atoms with Crippen molar-refractivity contribution in [3.8, 4) is 0 Å². The van der Waals surface area contributed by atoms with E-state index in [-0.39, 0.29) is 5.69 Å². The van der Waals surface area contributed by atoms with Crippen LogP contribution in [0.3, 0.4) is 0 Å². The molecule has 0 radical (unpaired) electrons. The number of para-hydroxylation sites is 1. The molecule has 84 valence electrons. The van der Waals surface area contributed by atoms with E-state index in [9.17, 15) is 9.50 Å². The molecule has 1 rings (SSSR count). The quantitative estimate of drug-likeness (QED) is 0.669. The molecule has 0 aliphatic carbocycles. The Hall–Kier alpha value is -1.29. The Balaban J connectivity index is 2.70. The van der Waals surface area contributed by atoms with Crippen molar-refractivity contribution < 1.29 is 9.50 Å². The average Bonchev–Trinajstić information content (AvgIpc) is 2.20. The highest BCUT2D eigenvalue weighted by Crippen LogP contribution is 2.22. The van der Waals surface area contributed by atoms with Crippen LogP contribution < -0.4 is 11.1 Å². The molecule has 1 aromatic rings. The number of halogens is 1. The lowest BCUT2D eigenvalue weighted by molar-refractivity contribution is 0.0697. The van der Waals surface area contributed by atoms with E-state index in [2.05, 4.69) is 5.32 Å². The molecule has 0 aromatic heterocycles. The normalized spacial score (nSPS) is 14.7. The van der Waals surface area contributed by atoms with Gasteiger partial charge in [-0.05, 0) is 25.5 Å². The monoisotopic (exact) mass is 212 g/mol. The summed E-state index contributed by atoms with van der Waals surface area (Å²) in [4.78, 5) is 0. The van der Waals surface area contributed by atoms with Crippen LogP contribution in [-0.2, 0) is 0 Å². The van der Waals surface area contributed by atoms with Crippen LogP contribution in [0.5, 0.6) is 0 Å². The molecule has 0 fully saturated rings. The minimum absolute atomic E-state index is 0.0874. The summed E-state index contributed by atoms with van der Waals surface area (Å²) < 4.78 is 13.1. The average molecular weight is 212 g/mol. The van der Waals surface area contributed by atoms with Crippen molar-refractivity contribution in [1.82, 2.24) is 0 Å². The maximum absolute atomic E-state index is 13.1. The Bertz CT molecular complexity index is 339. The molecule has 0 saturated carbocycles. The summed E-state index contributed by atoms with van der Waals surface area (Å²) in [6.07, 6.45) is 0.620. The van der Waals surface area contributed by atoms with Gasteiger partial charge in [0.2, 0.25) is 0 Å². The number of hydrogen-bond acceptors (Lipinski definition) is 3. The number of anilines is 2. The zero-order valence-corrected chi connectivity index (χ0v) is 9.05. The second-order valence-electron chi connectivity index (χ2n) is 3.91. The molecular formula is C11H17FN2O. The smallest absolute Gasteiger partial charge is 0.148 e. The number of nitrogens with two attached hydrogens (primary N) is 1. The maximum Gasteiger partial charge on any atom is 0.148 e. The van der Waals surface area contributed by atoms with Crippen molar-refractivity contribution in [2.24, 2.45) is 0 Å². The molecule has 4 heteroatoms. The topological polar surface area (TPSA) is 58.3 Å². The predicted octanol–water partition coefficient (Wildman–Crippen LogP) is 1.98. The third-order valence-corrected chi connectivity index (χ3v) is 2.47. The van der Waals surface area contributed by atoms with E-state index in [1.807, 2.05) is 6.92 Å². The number of aliphatic hydroxyl groups is 1. The van der Waals surface area contributed by atoms with Gasteiger partial charge in [-0.2, -0.15) is 0 Å². The first-order valence-electron chi connectivity index (χ1n) is 4.96. The lowest BCUT2D eigenvalue weighted by atomic mass is 10.0. The van der Waals surface area contributed by atoms with E-state index >= 15 is 0 Å². The Morgan fingerprint density at radius 1 is 1.53 bits per heavy atom. The van der Waals surface area contributed by atoms with Crippen LogP contribution in [0.1, 0.15) is 20.3 Å². The van der Waals surface area contributed by atoms with E-state index in [4.69, 9.17) is 5.73 Å². The number of nitrogen functional groups attached to an aromatic ring is 1. The van der Waals surface area contributed by atoms with Gasteiger partial charge in [0.25, 0.3) is 0 Å². The summed E-state index contributed by atoms with van der Waals surface area (Å²) in [5, 5.41) is 12.7. The molecule has 1 aromatic carbocycles.